The van der Waals surface area contributed by atoms with Crippen molar-refractivity contribution in [3.05, 3.63) is 54.0 Å². The minimum absolute atomic E-state index is 0.0913. The summed E-state index contributed by atoms with van der Waals surface area (Å²) in [6.45, 7) is 1.64. The predicted octanol–water partition coefficient (Wildman–Crippen LogP) is 1.67. The second-order valence-electron chi connectivity index (χ2n) is 7.57. The first-order valence-corrected chi connectivity index (χ1v) is 9.46. The lowest BCUT2D eigenvalue weighted by Crippen LogP contribution is -2.47. The molecule has 4 heterocycles. The number of carbonyl (C=O) groups excluding carboxylic acids is 2. The molecule has 0 unspecified atom stereocenters. The Labute approximate surface area is 175 Å². The second kappa shape index (κ2) is 6.39. The Morgan fingerprint density at radius 1 is 1.26 bits per heavy atom. The first-order chi connectivity index (χ1) is 14.8. The van der Waals surface area contributed by atoms with Crippen LogP contribution in [0.5, 0.6) is 11.6 Å². The standard InChI is InChI=1S/C21H18N4O6/c1-11-5-16-15(25(29)8-11)7-17(31-16)21(19(27)22-20(28)23-21)10-24-9-12-3-4-13(30-2)6-14(12)18(24)26/h3-9H,10H2,1-2H3,(H3-,22,23,26,27,28,29)/p+1/t21-/m0/s1. The van der Waals surface area contributed by atoms with Crippen LogP contribution in [0.15, 0.2) is 47.1 Å². The zero-order valence-corrected chi connectivity index (χ0v) is 16.7. The van der Waals surface area contributed by atoms with Crippen LogP contribution in [0.1, 0.15) is 11.3 Å². The SMILES string of the molecule is COc1ccc2cn(C[C@@]3(c4cc5c(cc(C)c[n+]5O)o4)NC(=O)NC3=O)c(O)c2c1. The largest absolute Gasteiger partial charge is 0.497 e. The van der Waals surface area contributed by atoms with Crippen molar-refractivity contribution in [2.75, 3.05) is 7.11 Å². The van der Waals surface area contributed by atoms with Crippen molar-refractivity contribution >= 4 is 33.8 Å². The lowest BCUT2D eigenvalue weighted by molar-refractivity contribution is -0.884. The molecular formula is C21H19N4O6+. The van der Waals surface area contributed by atoms with Gasteiger partial charge >= 0.3 is 11.5 Å². The monoisotopic (exact) mass is 423 g/mol. The van der Waals surface area contributed by atoms with Crippen LogP contribution in [0.3, 0.4) is 0 Å². The third kappa shape index (κ3) is 2.75. The molecule has 3 amide bonds. The van der Waals surface area contributed by atoms with Gasteiger partial charge in [-0.05, 0) is 31.2 Å². The molecule has 1 atom stereocenters. The maximum absolute atomic E-state index is 12.9. The van der Waals surface area contributed by atoms with Gasteiger partial charge in [0.05, 0.1) is 19.7 Å². The number of carbonyl (C=O) groups is 2. The molecule has 31 heavy (non-hydrogen) atoms. The molecule has 4 aromatic rings. The van der Waals surface area contributed by atoms with Crippen LogP contribution < -0.4 is 20.1 Å². The molecule has 0 spiro atoms. The smallest absolute Gasteiger partial charge is 0.322 e. The van der Waals surface area contributed by atoms with Crippen LogP contribution >= 0.6 is 0 Å². The number of amides is 3. The predicted molar refractivity (Wildman–Crippen MR) is 107 cm³/mol. The van der Waals surface area contributed by atoms with E-state index in [-0.39, 0.29) is 18.2 Å². The summed E-state index contributed by atoms with van der Waals surface area (Å²) in [5, 5.41) is 27.1. The van der Waals surface area contributed by atoms with Gasteiger partial charge in [0.25, 0.3) is 5.91 Å². The van der Waals surface area contributed by atoms with Gasteiger partial charge in [-0.3, -0.25) is 15.3 Å². The first-order valence-electron chi connectivity index (χ1n) is 9.46. The van der Waals surface area contributed by atoms with E-state index in [9.17, 15) is 19.9 Å². The summed E-state index contributed by atoms with van der Waals surface area (Å²) in [4.78, 5) is 25.0. The minimum atomic E-state index is -1.63. The Morgan fingerprint density at radius 2 is 2.06 bits per heavy atom. The Bertz CT molecular complexity index is 1390. The van der Waals surface area contributed by atoms with E-state index in [1.807, 2.05) is 0 Å². The van der Waals surface area contributed by atoms with Crippen LogP contribution in [0.4, 0.5) is 4.79 Å². The van der Waals surface area contributed by atoms with Gasteiger partial charge in [0.15, 0.2) is 11.4 Å². The Kier molecular flexibility index (Phi) is 3.88. The molecule has 1 aromatic carbocycles. The van der Waals surface area contributed by atoms with E-state index in [0.717, 1.165) is 15.7 Å². The summed E-state index contributed by atoms with van der Waals surface area (Å²) in [5.74, 6) is -0.0322. The number of nitrogens with one attached hydrogen (secondary N) is 2. The van der Waals surface area contributed by atoms with Crippen molar-refractivity contribution in [2.24, 2.45) is 0 Å². The maximum Gasteiger partial charge on any atom is 0.322 e. The van der Waals surface area contributed by atoms with Crippen LogP contribution in [0.25, 0.3) is 21.9 Å². The van der Waals surface area contributed by atoms with Gasteiger partial charge in [0.2, 0.25) is 11.8 Å². The fourth-order valence-corrected chi connectivity index (χ4v) is 3.98. The third-order valence-corrected chi connectivity index (χ3v) is 5.51. The molecule has 1 aliphatic rings. The number of fused-ring (bicyclic) bond motifs is 2. The second-order valence-corrected chi connectivity index (χ2v) is 7.57. The zero-order chi connectivity index (χ0) is 21.9. The third-order valence-electron chi connectivity index (χ3n) is 5.51. The van der Waals surface area contributed by atoms with Crippen LogP contribution in [-0.4, -0.2) is 33.9 Å². The molecule has 0 aliphatic carbocycles. The van der Waals surface area contributed by atoms with E-state index < -0.39 is 17.5 Å². The number of hydrogen-bond donors (Lipinski definition) is 4. The number of aromatic nitrogens is 2. The van der Waals surface area contributed by atoms with Gasteiger partial charge in [-0.25, -0.2) is 4.79 Å². The maximum atomic E-state index is 12.9. The number of hydrogen-bond acceptors (Lipinski definition) is 6. The van der Waals surface area contributed by atoms with Crippen LogP contribution in [0, 0.1) is 6.92 Å². The number of furan rings is 1. The molecule has 0 bridgehead atoms. The zero-order valence-electron chi connectivity index (χ0n) is 16.7. The van der Waals surface area contributed by atoms with Gasteiger partial charge in [-0.1, -0.05) is 0 Å². The van der Waals surface area contributed by atoms with E-state index in [1.165, 1.54) is 23.9 Å². The number of urea groups is 1. The summed E-state index contributed by atoms with van der Waals surface area (Å²) in [6, 6.07) is 7.73. The van der Waals surface area contributed by atoms with Gasteiger partial charge in [0.1, 0.15) is 11.5 Å². The lowest BCUT2D eigenvalue weighted by atomic mass is 9.96. The molecule has 1 fully saturated rings. The normalized spacial score (nSPS) is 18.5. The molecule has 1 saturated heterocycles. The number of nitrogens with zero attached hydrogens (tertiary/aromatic N) is 2. The number of pyridine rings is 1. The van der Waals surface area contributed by atoms with Gasteiger partial charge in [-0.2, -0.15) is 0 Å². The molecule has 10 nitrogen and oxygen atoms in total. The highest BCUT2D eigenvalue weighted by atomic mass is 16.5. The highest BCUT2D eigenvalue weighted by molar-refractivity contribution is 6.07. The quantitative estimate of drug-likeness (QED) is 0.224. The van der Waals surface area contributed by atoms with E-state index >= 15 is 0 Å². The van der Waals surface area contributed by atoms with E-state index in [2.05, 4.69) is 10.6 Å². The molecule has 158 valence electrons. The molecule has 4 N–H and O–H groups in total. The minimum Gasteiger partial charge on any atom is -0.497 e. The average molecular weight is 423 g/mol. The lowest BCUT2D eigenvalue weighted by Gasteiger charge is -2.24. The van der Waals surface area contributed by atoms with E-state index in [0.29, 0.717) is 22.2 Å². The summed E-state index contributed by atoms with van der Waals surface area (Å²) >= 11 is 0. The van der Waals surface area contributed by atoms with Crippen molar-refractivity contribution in [3.8, 4) is 11.6 Å². The van der Waals surface area contributed by atoms with Gasteiger partial charge < -0.3 is 24.1 Å². The molecular weight excluding hydrogens is 404 g/mol. The number of benzene rings is 1. The summed E-state index contributed by atoms with van der Waals surface area (Å²) in [6.07, 6.45) is 3.17. The Hall–Kier alpha value is -4.21. The summed E-state index contributed by atoms with van der Waals surface area (Å²) in [5.41, 5.74) is -0.209. The summed E-state index contributed by atoms with van der Waals surface area (Å²) < 4.78 is 13.5. The molecule has 0 radical (unpaired) electrons. The van der Waals surface area contributed by atoms with Crippen molar-refractivity contribution in [2.45, 2.75) is 19.0 Å². The Morgan fingerprint density at radius 3 is 2.77 bits per heavy atom. The van der Waals surface area contributed by atoms with Crippen LogP contribution in [-0.2, 0) is 16.9 Å². The molecule has 0 saturated carbocycles. The highest BCUT2D eigenvalue weighted by Gasteiger charge is 2.51. The number of imide groups is 1. The average Bonchev–Trinajstić information content (AvgIpc) is 3.37. The van der Waals surface area contributed by atoms with Crippen molar-refractivity contribution < 1.29 is 33.8 Å². The topological polar surface area (TPSA) is 130 Å². The van der Waals surface area contributed by atoms with Gasteiger partial charge in [-0.15, -0.1) is 0 Å². The van der Waals surface area contributed by atoms with Gasteiger partial charge in [0, 0.05) is 27.3 Å². The molecule has 3 aromatic heterocycles. The Balaban J connectivity index is 1.67. The number of aryl methyl sites for hydroxylation is 1. The number of aromatic hydroxyl groups is 1. The first kappa shape index (κ1) is 18.8. The fourth-order valence-electron chi connectivity index (χ4n) is 3.98. The highest BCUT2D eigenvalue weighted by Crippen LogP contribution is 2.36. The van der Waals surface area contributed by atoms with Crippen LogP contribution in [0.2, 0.25) is 0 Å². The summed E-state index contributed by atoms with van der Waals surface area (Å²) in [7, 11) is 1.53. The molecule has 10 heteroatoms. The molecule has 1 aliphatic heterocycles. The van der Waals surface area contributed by atoms with Crippen molar-refractivity contribution in [1.29, 1.82) is 0 Å². The fraction of sp³-hybridized carbons (Fsp3) is 0.190. The number of rotatable bonds is 4. The number of ether oxygens (including phenoxy) is 1. The van der Waals surface area contributed by atoms with E-state index in [4.69, 9.17) is 9.15 Å². The van der Waals surface area contributed by atoms with Crippen molar-refractivity contribution in [1.82, 2.24) is 15.2 Å². The van der Waals surface area contributed by atoms with Crippen molar-refractivity contribution in [3.63, 3.8) is 0 Å². The van der Waals surface area contributed by atoms with E-state index in [1.54, 1.807) is 37.4 Å². The number of methoxy groups -OCH3 is 1. The molecule has 5 rings (SSSR count).